The van der Waals surface area contributed by atoms with Crippen molar-refractivity contribution in [1.29, 1.82) is 5.41 Å². The van der Waals surface area contributed by atoms with E-state index < -0.39 is 5.91 Å². The quantitative estimate of drug-likeness (QED) is 0.553. The molecule has 32 heavy (non-hydrogen) atoms. The third kappa shape index (κ3) is 4.56. The maximum atomic E-state index is 12.6. The maximum absolute atomic E-state index is 12.6. The van der Waals surface area contributed by atoms with Gasteiger partial charge in [0.15, 0.2) is 17.3 Å². The molecule has 0 saturated heterocycles. The van der Waals surface area contributed by atoms with E-state index in [0.29, 0.717) is 33.9 Å². The lowest BCUT2D eigenvalue weighted by molar-refractivity contribution is -0.114. The second kappa shape index (κ2) is 9.58. The fraction of sp³-hybridized carbons (Fsp3) is 0.217. The molecule has 7 nitrogen and oxygen atoms in total. The normalized spacial score (nSPS) is 16.7. The average Bonchev–Trinajstić information content (AvgIpc) is 3.19. The number of hydrazone groups is 1. The standard InChI is InChI=1S/C23H21ClN4O3S/c1-3-7-19-27-28-21(25)16(22(29)26-23(28)32-19)10-15-11-17(24)20(18(12-15)30-2)31-13-14-8-5-4-6-9-14/h4-6,8-12,25H,3,7,13H2,1-2H3/b16-10-,25-21?. The van der Waals surface area contributed by atoms with E-state index in [2.05, 4.69) is 10.1 Å². The van der Waals surface area contributed by atoms with Crippen molar-refractivity contribution < 1.29 is 14.3 Å². The number of ether oxygens (including phenoxy) is 2. The van der Waals surface area contributed by atoms with Crippen molar-refractivity contribution in [3.8, 4) is 11.5 Å². The molecule has 0 saturated carbocycles. The summed E-state index contributed by atoms with van der Waals surface area (Å²) in [5.41, 5.74) is 1.72. The van der Waals surface area contributed by atoms with Crippen LogP contribution in [-0.4, -0.2) is 34.1 Å². The molecule has 2 heterocycles. The number of fused-ring (bicyclic) bond motifs is 1. The van der Waals surface area contributed by atoms with Crippen LogP contribution in [0.2, 0.25) is 5.02 Å². The predicted molar refractivity (Wildman–Crippen MR) is 129 cm³/mol. The number of rotatable bonds is 7. The number of benzene rings is 2. The number of thioether (sulfide) groups is 1. The molecule has 4 rings (SSSR count). The fourth-order valence-electron chi connectivity index (χ4n) is 3.21. The van der Waals surface area contributed by atoms with E-state index in [4.69, 9.17) is 26.5 Å². The van der Waals surface area contributed by atoms with Gasteiger partial charge in [-0.25, -0.2) is 0 Å². The van der Waals surface area contributed by atoms with E-state index >= 15 is 0 Å². The molecule has 0 radical (unpaired) electrons. The number of nitrogens with one attached hydrogen (secondary N) is 1. The van der Waals surface area contributed by atoms with Gasteiger partial charge in [-0.3, -0.25) is 10.2 Å². The van der Waals surface area contributed by atoms with Crippen LogP contribution in [0.3, 0.4) is 0 Å². The molecule has 2 aliphatic heterocycles. The van der Waals surface area contributed by atoms with Crippen molar-refractivity contribution in [2.45, 2.75) is 26.4 Å². The van der Waals surface area contributed by atoms with E-state index in [-0.39, 0.29) is 11.4 Å². The van der Waals surface area contributed by atoms with Crippen molar-refractivity contribution in [3.63, 3.8) is 0 Å². The van der Waals surface area contributed by atoms with Gasteiger partial charge < -0.3 is 9.47 Å². The first kappa shape index (κ1) is 22.1. The molecule has 0 spiro atoms. The highest BCUT2D eigenvalue weighted by atomic mass is 35.5. The van der Waals surface area contributed by atoms with Gasteiger partial charge in [0.2, 0.25) is 5.17 Å². The Balaban J connectivity index is 1.60. The van der Waals surface area contributed by atoms with Gasteiger partial charge in [-0.05, 0) is 53.9 Å². The largest absolute Gasteiger partial charge is 0.493 e. The minimum atomic E-state index is -0.485. The van der Waals surface area contributed by atoms with Gasteiger partial charge in [0, 0.05) is 0 Å². The van der Waals surface area contributed by atoms with E-state index in [9.17, 15) is 4.79 Å². The molecule has 9 heteroatoms. The van der Waals surface area contributed by atoms with Gasteiger partial charge in [0.25, 0.3) is 5.91 Å². The van der Waals surface area contributed by atoms with Crippen molar-refractivity contribution >= 4 is 51.4 Å². The van der Waals surface area contributed by atoms with Crippen molar-refractivity contribution in [2.24, 2.45) is 10.1 Å². The number of carbonyl (C=O) groups is 1. The molecule has 0 aliphatic carbocycles. The highest BCUT2D eigenvalue weighted by Crippen LogP contribution is 2.38. The number of amidine groups is 2. The molecular weight excluding hydrogens is 448 g/mol. The molecule has 2 aliphatic rings. The summed E-state index contributed by atoms with van der Waals surface area (Å²) in [4.78, 5) is 16.7. The van der Waals surface area contributed by atoms with Crippen LogP contribution < -0.4 is 9.47 Å². The summed E-state index contributed by atoms with van der Waals surface area (Å²) in [6.45, 7) is 2.39. The Morgan fingerprint density at radius 3 is 2.75 bits per heavy atom. The maximum Gasteiger partial charge on any atom is 0.283 e. The third-order valence-corrected chi connectivity index (χ3v) is 6.00. The number of hydrogen-bond donors (Lipinski definition) is 1. The summed E-state index contributed by atoms with van der Waals surface area (Å²) in [6, 6.07) is 13.1. The van der Waals surface area contributed by atoms with Crippen molar-refractivity contribution in [1.82, 2.24) is 5.01 Å². The highest BCUT2D eigenvalue weighted by molar-refractivity contribution is 8.26. The molecule has 2 aromatic rings. The molecule has 1 N–H and O–H groups in total. The lowest BCUT2D eigenvalue weighted by Crippen LogP contribution is -2.35. The molecule has 0 atom stereocenters. The minimum absolute atomic E-state index is 0.0157. The summed E-state index contributed by atoms with van der Waals surface area (Å²) in [5, 5.41) is 15.9. The zero-order valence-corrected chi connectivity index (χ0v) is 19.2. The van der Waals surface area contributed by atoms with Crippen LogP contribution in [0.15, 0.2) is 58.1 Å². The Bertz CT molecular complexity index is 1160. The van der Waals surface area contributed by atoms with E-state index in [1.54, 1.807) is 18.2 Å². The van der Waals surface area contributed by atoms with Crippen LogP contribution in [0, 0.1) is 5.41 Å². The van der Waals surface area contributed by atoms with Gasteiger partial charge >= 0.3 is 0 Å². The Labute approximate surface area is 195 Å². The van der Waals surface area contributed by atoms with Gasteiger partial charge in [0.05, 0.1) is 17.7 Å². The number of aliphatic imine (C=N–C) groups is 1. The Morgan fingerprint density at radius 1 is 1.25 bits per heavy atom. The molecule has 0 bridgehead atoms. The molecular formula is C23H21ClN4O3S. The van der Waals surface area contributed by atoms with Crippen LogP contribution >= 0.6 is 23.4 Å². The van der Waals surface area contributed by atoms with E-state index in [1.807, 2.05) is 37.3 Å². The highest BCUT2D eigenvalue weighted by Gasteiger charge is 2.35. The lowest BCUT2D eigenvalue weighted by atomic mass is 10.1. The van der Waals surface area contributed by atoms with Crippen LogP contribution in [-0.2, 0) is 11.4 Å². The smallest absolute Gasteiger partial charge is 0.283 e. The number of methoxy groups -OCH3 is 1. The van der Waals surface area contributed by atoms with Crippen LogP contribution in [0.5, 0.6) is 11.5 Å². The van der Waals surface area contributed by atoms with Gasteiger partial charge in [-0.1, -0.05) is 48.9 Å². The SMILES string of the molecule is CCCC1=NN2C(=N)/C(=C/c3cc(Cl)c(OCc4ccccc4)c(OC)c3)C(=O)N=C2S1. The van der Waals surface area contributed by atoms with Gasteiger partial charge in [-0.2, -0.15) is 15.1 Å². The number of hydrogen-bond acceptors (Lipinski definition) is 6. The summed E-state index contributed by atoms with van der Waals surface area (Å²) >= 11 is 7.81. The van der Waals surface area contributed by atoms with Crippen LogP contribution in [0.25, 0.3) is 6.08 Å². The Kier molecular flexibility index (Phi) is 6.62. The summed E-state index contributed by atoms with van der Waals surface area (Å²) in [5.74, 6) is 0.341. The van der Waals surface area contributed by atoms with Crippen LogP contribution in [0.4, 0.5) is 0 Å². The monoisotopic (exact) mass is 468 g/mol. The zero-order chi connectivity index (χ0) is 22.7. The molecule has 0 unspecified atom stereocenters. The topological polar surface area (TPSA) is 87.3 Å². The average molecular weight is 469 g/mol. The minimum Gasteiger partial charge on any atom is -0.493 e. The first-order valence-electron chi connectivity index (χ1n) is 10.0. The molecule has 164 valence electrons. The summed E-state index contributed by atoms with van der Waals surface area (Å²) in [7, 11) is 1.52. The second-order valence-electron chi connectivity index (χ2n) is 7.07. The third-order valence-electron chi connectivity index (χ3n) is 4.75. The molecule has 0 aromatic heterocycles. The molecule has 0 fully saturated rings. The number of nitrogens with zero attached hydrogens (tertiary/aromatic N) is 3. The van der Waals surface area contributed by atoms with E-state index in [1.165, 1.54) is 23.9 Å². The lowest BCUT2D eigenvalue weighted by Gasteiger charge is -2.20. The molecule has 1 amide bonds. The van der Waals surface area contributed by atoms with Crippen molar-refractivity contribution in [2.75, 3.05) is 7.11 Å². The zero-order valence-electron chi connectivity index (χ0n) is 17.6. The Hall–Kier alpha value is -3.10. The predicted octanol–water partition coefficient (Wildman–Crippen LogP) is 5.35. The molecule has 2 aromatic carbocycles. The number of amides is 1. The van der Waals surface area contributed by atoms with Crippen molar-refractivity contribution in [3.05, 3.63) is 64.2 Å². The van der Waals surface area contributed by atoms with Gasteiger partial charge in [-0.15, -0.1) is 0 Å². The first-order valence-corrected chi connectivity index (χ1v) is 11.2. The summed E-state index contributed by atoms with van der Waals surface area (Å²) < 4.78 is 11.4. The second-order valence-corrected chi connectivity index (χ2v) is 8.52. The number of halogens is 1. The fourth-order valence-corrected chi connectivity index (χ4v) is 4.47. The van der Waals surface area contributed by atoms with E-state index in [0.717, 1.165) is 23.4 Å². The van der Waals surface area contributed by atoms with Gasteiger partial charge in [0.1, 0.15) is 11.7 Å². The summed E-state index contributed by atoms with van der Waals surface area (Å²) in [6.07, 6.45) is 3.27. The number of carbonyl (C=O) groups excluding carboxylic acids is 1. The first-order chi connectivity index (χ1) is 15.5. The Morgan fingerprint density at radius 2 is 2.03 bits per heavy atom. The van der Waals surface area contributed by atoms with Crippen LogP contribution in [0.1, 0.15) is 30.9 Å².